The third-order valence-corrected chi connectivity index (χ3v) is 2.84. The molecule has 1 N–H and O–H groups in total. The number of carboxylic acid groups (broad SMARTS) is 1. The number of aliphatic carboxylic acids is 1. The Morgan fingerprint density at radius 1 is 1.42 bits per heavy atom. The molecule has 1 saturated heterocycles. The quantitative estimate of drug-likeness (QED) is 0.851. The first-order valence-electron chi connectivity index (χ1n) is 6.10. The number of carbonyl (C=O) groups is 1. The molecule has 4 nitrogen and oxygen atoms in total. The monoisotopic (exact) mass is 266 g/mol. The van der Waals surface area contributed by atoms with Gasteiger partial charge >= 0.3 is 5.97 Å². The average molecular weight is 266 g/mol. The van der Waals surface area contributed by atoms with Crippen LogP contribution in [-0.4, -0.2) is 30.4 Å². The van der Waals surface area contributed by atoms with E-state index < -0.39 is 11.8 Å². The van der Waals surface area contributed by atoms with Crippen molar-refractivity contribution in [2.24, 2.45) is 0 Å². The van der Waals surface area contributed by atoms with E-state index in [4.69, 9.17) is 14.6 Å². The lowest BCUT2D eigenvalue weighted by Crippen LogP contribution is -2.26. The zero-order chi connectivity index (χ0) is 13.7. The van der Waals surface area contributed by atoms with Gasteiger partial charge in [-0.25, -0.2) is 9.18 Å². The molecular weight excluding hydrogens is 251 g/mol. The standard InChI is InChI=1S/C14H15FO4/c15-11-2-3-13(10(9-11)1-4-14(16)17)19-12-5-7-18-8-6-12/h1-4,9,12H,5-8H2,(H,16,17)/b4-1+. The molecule has 1 aliphatic rings. The van der Waals surface area contributed by atoms with E-state index in [2.05, 4.69) is 0 Å². The summed E-state index contributed by atoms with van der Waals surface area (Å²) in [4.78, 5) is 10.5. The third-order valence-electron chi connectivity index (χ3n) is 2.84. The fourth-order valence-corrected chi connectivity index (χ4v) is 1.89. The normalized spacial score (nSPS) is 16.7. The summed E-state index contributed by atoms with van der Waals surface area (Å²) in [6, 6.07) is 4.08. The van der Waals surface area contributed by atoms with Gasteiger partial charge in [0.2, 0.25) is 0 Å². The summed E-state index contributed by atoms with van der Waals surface area (Å²) in [7, 11) is 0. The molecule has 1 aromatic rings. The highest BCUT2D eigenvalue weighted by atomic mass is 19.1. The number of hydrogen-bond acceptors (Lipinski definition) is 3. The minimum Gasteiger partial charge on any atom is -0.490 e. The Morgan fingerprint density at radius 3 is 2.84 bits per heavy atom. The molecule has 1 aromatic carbocycles. The first-order chi connectivity index (χ1) is 9.15. The van der Waals surface area contributed by atoms with Gasteiger partial charge in [0.1, 0.15) is 17.7 Å². The molecule has 0 amide bonds. The van der Waals surface area contributed by atoms with Gasteiger partial charge in [0.05, 0.1) is 13.2 Å². The van der Waals surface area contributed by atoms with Crippen LogP contribution in [0.3, 0.4) is 0 Å². The molecule has 0 aliphatic carbocycles. The zero-order valence-electron chi connectivity index (χ0n) is 10.3. The molecule has 1 fully saturated rings. The molecule has 5 heteroatoms. The minimum atomic E-state index is -1.08. The van der Waals surface area contributed by atoms with Gasteiger partial charge in [-0.15, -0.1) is 0 Å². The predicted octanol–water partition coefficient (Wildman–Crippen LogP) is 2.48. The van der Waals surface area contributed by atoms with Crippen LogP contribution < -0.4 is 4.74 Å². The van der Waals surface area contributed by atoms with E-state index in [1.54, 1.807) is 0 Å². The number of rotatable bonds is 4. The highest BCUT2D eigenvalue weighted by Gasteiger charge is 2.16. The summed E-state index contributed by atoms with van der Waals surface area (Å²) in [5.41, 5.74) is 0.425. The largest absolute Gasteiger partial charge is 0.490 e. The maximum atomic E-state index is 13.2. The van der Waals surface area contributed by atoms with Crippen LogP contribution in [-0.2, 0) is 9.53 Å². The fraction of sp³-hybridized carbons (Fsp3) is 0.357. The lowest BCUT2D eigenvalue weighted by molar-refractivity contribution is -0.131. The van der Waals surface area contributed by atoms with Gasteiger partial charge in [0.25, 0.3) is 0 Å². The van der Waals surface area contributed by atoms with Crippen LogP contribution in [0.5, 0.6) is 5.75 Å². The lowest BCUT2D eigenvalue weighted by atomic mass is 10.1. The molecule has 2 rings (SSSR count). The number of ether oxygens (including phenoxy) is 2. The fourth-order valence-electron chi connectivity index (χ4n) is 1.89. The molecule has 1 heterocycles. The summed E-state index contributed by atoms with van der Waals surface area (Å²) in [6.07, 6.45) is 3.88. The van der Waals surface area contributed by atoms with Crippen LogP contribution in [0.15, 0.2) is 24.3 Å². The number of benzene rings is 1. The molecule has 0 saturated carbocycles. The Kier molecular flexibility index (Phi) is 4.52. The molecule has 0 aromatic heterocycles. The van der Waals surface area contributed by atoms with Crippen molar-refractivity contribution in [3.05, 3.63) is 35.7 Å². The molecule has 0 unspecified atom stereocenters. The van der Waals surface area contributed by atoms with E-state index >= 15 is 0 Å². The van der Waals surface area contributed by atoms with Gasteiger partial charge < -0.3 is 14.6 Å². The van der Waals surface area contributed by atoms with Crippen molar-refractivity contribution in [2.45, 2.75) is 18.9 Å². The second-order valence-corrected chi connectivity index (χ2v) is 4.28. The van der Waals surface area contributed by atoms with Gasteiger partial charge in [-0.3, -0.25) is 0 Å². The van der Waals surface area contributed by atoms with Crippen LogP contribution in [0.1, 0.15) is 18.4 Å². The Morgan fingerprint density at radius 2 is 2.16 bits per heavy atom. The van der Waals surface area contributed by atoms with Crippen molar-refractivity contribution in [3.63, 3.8) is 0 Å². The second kappa shape index (κ2) is 6.33. The summed E-state index contributed by atoms with van der Waals surface area (Å²) >= 11 is 0. The van der Waals surface area contributed by atoms with Gasteiger partial charge in [-0.05, 0) is 24.3 Å². The van der Waals surface area contributed by atoms with Crippen LogP contribution in [0.4, 0.5) is 4.39 Å². The van der Waals surface area contributed by atoms with E-state index in [0.717, 1.165) is 18.9 Å². The Labute approximate surface area is 110 Å². The summed E-state index contributed by atoms with van der Waals surface area (Å²) in [6.45, 7) is 1.29. The minimum absolute atomic E-state index is 0.0242. The molecular formula is C14H15FO4. The maximum absolute atomic E-state index is 13.2. The van der Waals surface area contributed by atoms with Gasteiger partial charge in [0.15, 0.2) is 0 Å². The Hall–Kier alpha value is -1.88. The highest BCUT2D eigenvalue weighted by molar-refractivity contribution is 5.85. The first kappa shape index (κ1) is 13.5. The van der Waals surface area contributed by atoms with Crippen LogP contribution in [0.25, 0.3) is 6.08 Å². The Bertz CT molecular complexity index is 478. The summed E-state index contributed by atoms with van der Waals surface area (Å²) in [5.74, 6) is -1.02. The summed E-state index contributed by atoms with van der Waals surface area (Å²) < 4.78 is 24.2. The van der Waals surface area contributed by atoms with Crippen molar-refractivity contribution < 1.29 is 23.8 Å². The molecule has 102 valence electrons. The molecule has 0 bridgehead atoms. The lowest BCUT2D eigenvalue weighted by Gasteiger charge is -2.24. The van der Waals surface area contributed by atoms with E-state index in [9.17, 15) is 9.18 Å². The van der Waals surface area contributed by atoms with Crippen molar-refractivity contribution in [3.8, 4) is 5.75 Å². The van der Waals surface area contributed by atoms with Gasteiger partial charge in [-0.1, -0.05) is 0 Å². The van der Waals surface area contributed by atoms with Crippen molar-refractivity contribution in [2.75, 3.05) is 13.2 Å². The molecule has 0 atom stereocenters. The van der Waals surface area contributed by atoms with Crippen LogP contribution in [0.2, 0.25) is 0 Å². The van der Waals surface area contributed by atoms with E-state index in [0.29, 0.717) is 24.5 Å². The summed E-state index contributed by atoms with van der Waals surface area (Å²) in [5, 5.41) is 8.62. The molecule has 0 radical (unpaired) electrons. The van der Waals surface area contributed by atoms with Crippen LogP contribution in [0, 0.1) is 5.82 Å². The molecule has 19 heavy (non-hydrogen) atoms. The molecule has 1 aliphatic heterocycles. The van der Waals surface area contributed by atoms with E-state index in [1.807, 2.05) is 0 Å². The number of carboxylic acids is 1. The Balaban J connectivity index is 2.15. The van der Waals surface area contributed by atoms with Gasteiger partial charge in [-0.2, -0.15) is 0 Å². The van der Waals surface area contributed by atoms with Crippen LogP contribution >= 0.6 is 0 Å². The van der Waals surface area contributed by atoms with Crippen molar-refractivity contribution >= 4 is 12.0 Å². The average Bonchev–Trinajstić information content (AvgIpc) is 2.40. The maximum Gasteiger partial charge on any atom is 0.328 e. The van der Waals surface area contributed by atoms with E-state index in [1.165, 1.54) is 24.3 Å². The first-order valence-corrected chi connectivity index (χ1v) is 6.10. The van der Waals surface area contributed by atoms with Crippen molar-refractivity contribution in [1.29, 1.82) is 0 Å². The SMILES string of the molecule is O=C(O)/C=C/c1cc(F)ccc1OC1CCOCC1. The smallest absolute Gasteiger partial charge is 0.328 e. The second-order valence-electron chi connectivity index (χ2n) is 4.28. The number of hydrogen-bond donors (Lipinski definition) is 1. The van der Waals surface area contributed by atoms with E-state index in [-0.39, 0.29) is 6.10 Å². The topological polar surface area (TPSA) is 55.8 Å². The highest BCUT2D eigenvalue weighted by Crippen LogP contribution is 2.24. The van der Waals surface area contributed by atoms with Crippen molar-refractivity contribution in [1.82, 2.24) is 0 Å². The zero-order valence-corrected chi connectivity index (χ0v) is 10.3. The predicted molar refractivity (Wildman–Crippen MR) is 67.5 cm³/mol. The van der Waals surface area contributed by atoms with Gasteiger partial charge in [0, 0.05) is 24.5 Å². The molecule has 0 spiro atoms. The number of halogens is 1. The third kappa shape index (κ3) is 4.06.